The van der Waals surface area contributed by atoms with Crippen LogP contribution in [0.25, 0.3) is 10.8 Å². The van der Waals surface area contributed by atoms with Crippen LogP contribution in [0, 0.1) is 11.8 Å². The lowest BCUT2D eigenvalue weighted by atomic mass is 10.1. The molecule has 0 aliphatic carbocycles. The van der Waals surface area contributed by atoms with Crippen molar-refractivity contribution in [2.45, 2.75) is 54.4 Å². The zero-order valence-corrected chi connectivity index (χ0v) is 14.2. The van der Waals surface area contributed by atoms with E-state index in [9.17, 15) is 0 Å². The van der Waals surface area contributed by atoms with Gasteiger partial charge in [-0.3, -0.25) is 0 Å². The maximum Gasteiger partial charge on any atom is -0.0184 e. The van der Waals surface area contributed by atoms with E-state index in [-0.39, 0.29) is 0 Å². The summed E-state index contributed by atoms with van der Waals surface area (Å²) >= 11 is 0. The van der Waals surface area contributed by atoms with Gasteiger partial charge in [0.05, 0.1) is 0 Å². The van der Waals surface area contributed by atoms with Crippen LogP contribution in [0.2, 0.25) is 0 Å². The molecule has 0 N–H and O–H groups in total. The molecular formula is C20H32. The van der Waals surface area contributed by atoms with Gasteiger partial charge < -0.3 is 0 Å². The monoisotopic (exact) mass is 272 g/mol. The van der Waals surface area contributed by atoms with Crippen molar-refractivity contribution >= 4 is 10.8 Å². The second-order valence-corrected chi connectivity index (χ2v) is 5.95. The Balaban J connectivity index is 0.000000310. The minimum Gasteiger partial charge on any atom is -0.0651 e. The lowest BCUT2D eigenvalue weighted by Crippen LogP contribution is -1.77. The molecule has 20 heavy (non-hydrogen) atoms. The molecule has 0 aliphatic heterocycles. The molecule has 0 bridgehead atoms. The van der Waals surface area contributed by atoms with E-state index in [0.29, 0.717) is 0 Å². The van der Waals surface area contributed by atoms with Gasteiger partial charge in [-0.25, -0.2) is 0 Å². The molecule has 0 heterocycles. The summed E-state index contributed by atoms with van der Waals surface area (Å²) in [6, 6.07) is 16.7. The minimum absolute atomic E-state index is 0.884. The van der Waals surface area contributed by atoms with Crippen molar-refractivity contribution in [2.75, 3.05) is 0 Å². The lowest BCUT2D eigenvalue weighted by molar-refractivity contribution is 0.626. The highest BCUT2D eigenvalue weighted by Gasteiger charge is 1.85. The fourth-order valence-electron chi connectivity index (χ4n) is 1.13. The third kappa shape index (κ3) is 9.61. The van der Waals surface area contributed by atoms with Crippen molar-refractivity contribution in [3.63, 3.8) is 0 Å². The normalized spacial score (nSPS) is 9.80. The van der Waals surface area contributed by atoms with Gasteiger partial charge in [0, 0.05) is 0 Å². The Bertz CT molecular complexity index is 367. The SMILES string of the molecule is CCC(C)C.CCC(C)C.c1ccc2ccccc2c1. The van der Waals surface area contributed by atoms with Crippen LogP contribution in [-0.4, -0.2) is 0 Å². The van der Waals surface area contributed by atoms with Crippen LogP contribution in [-0.2, 0) is 0 Å². The Kier molecular flexibility index (Phi) is 10.8. The van der Waals surface area contributed by atoms with Gasteiger partial charge in [0.2, 0.25) is 0 Å². The highest BCUT2D eigenvalue weighted by atomic mass is 13.9. The maximum absolute atomic E-state index is 2.22. The first-order valence-corrected chi connectivity index (χ1v) is 7.94. The van der Waals surface area contributed by atoms with Gasteiger partial charge in [-0.05, 0) is 22.6 Å². The highest BCUT2D eigenvalue weighted by Crippen LogP contribution is 2.11. The van der Waals surface area contributed by atoms with Gasteiger partial charge >= 0.3 is 0 Å². The predicted octanol–water partition coefficient (Wildman–Crippen LogP) is 6.94. The summed E-state index contributed by atoms with van der Waals surface area (Å²) in [5.41, 5.74) is 0. The number of hydrogen-bond acceptors (Lipinski definition) is 0. The van der Waals surface area contributed by atoms with E-state index in [4.69, 9.17) is 0 Å². The summed E-state index contributed by atoms with van der Waals surface area (Å²) in [4.78, 5) is 0. The average molecular weight is 272 g/mol. The summed E-state index contributed by atoms with van der Waals surface area (Å²) < 4.78 is 0. The fraction of sp³-hybridized carbons (Fsp3) is 0.500. The summed E-state index contributed by atoms with van der Waals surface area (Å²) in [6.07, 6.45) is 2.61. The third-order valence-corrected chi connectivity index (χ3v) is 3.29. The molecule has 0 unspecified atom stereocenters. The molecule has 112 valence electrons. The van der Waals surface area contributed by atoms with Crippen LogP contribution in [0.5, 0.6) is 0 Å². The fourth-order valence-corrected chi connectivity index (χ4v) is 1.13. The molecule has 0 atom stereocenters. The smallest absolute Gasteiger partial charge is 0.0184 e. The van der Waals surface area contributed by atoms with Gasteiger partial charge in [-0.15, -0.1) is 0 Å². The highest BCUT2D eigenvalue weighted by molar-refractivity contribution is 5.81. The molecule has 0 spiro atoms. The summed E-state index contributed by atoms with van der Waals surface area (Å²) in [5, 5.41) is 2.62. The zero-order chi connectivity index (χ0) is 15.4. The minimum atomic E-state index is 0.884. The number of benzene rings is 2. The first kappa shape index (κ1) is 18.7. The number of rotatable bonds is 2. The Morgan fingerprint density at radius 3 is 0.950 bits per heavy atom. The summed E-state index contributed by atoms with van der Waals surface area (Å²) in [7, 11) is 0. The van der Waals surface area contributed by atoms with Crippen molar-refractivity contribution < 1.29 is 0 Å². The van der Waals surface area contributed by atoms with Crippen molar-refractivity contribution in [1.29, 1.82) is 0 Å². The van der Waals surface area contributed by atoms with Crippen molar-refractivity contribution in [1.82, 2.24) is 0 Å². The van der Waals surface area contributed by atoms with Crippen LogP contribution in [0.4, 0.5) is 0 Å². The van der Waals surface area contributed by atoms with E-state index in [1.54, 1.807) is 0 Å². The molecule has 0 saturated heterocycles. The second-order valence-electron chi connectivity index (χ2n) is 5.95. The topological polar surface area (TPSA) is 0 Å². The Labute approximate surface area is 126 Å². The van der Waals surface area contributed by atoms with E-state index in [0.717, 1.165) is 11.8 Å². The molecule has 2 rings (SSSR count). The molecule has 0 heteroatoms. The number of fused-ring (bicyclic) bond motifs is 1. The van der Waals surface area contributed by atoms with Crippen molar-refractivity contribution in [3.05, 3.63) is 48.5 Å². The van der Waals surface area contributed by atoms with E-state index in [1.165, 1.54) is 23.6 Å². The van der Waals surface area contributed by atoms with Gasteiger partial charge in [-0.2, -0.15) is 0 Å². The van der Waals surface area contributed by atoms with E-state index in [2.05, 4.69) is 90.1 Å². The van der Waals surface area contributed by atoms with Gasteiger partial charge in [0.15, 0.2) is 0 Å². The number of hydrogen-bond donors (Lipinski definition) is 0. The standard InChI is InChI=1S/C10H8.2C5H12/c1-2-6-10-8-4-3-7-9(10)5-1;2*1-4-5(2)3/h1-8H;2*5H,4H2,1-3H3. The molecule has 0 nitrogen and oxygen atoms in total. The first-order valence-electron chi connectivity index (χ1n) is 7.94. The van der Waals surface area contributed by atoms with Gasteiger partial charge in [0.1, 0.15) is 0 Å². The molecule has 0 amide bonds. The van der Waals surface area contributed by atoms with E-state index in [1.807, 2.05) is 0 Å². The quantitative estimate of drug-likeness (QED) is 0.555. The van der Waals surface area contributed by atoms with E-state index >= 15 is 0 Å². The molecule has 0 aromatic heterocycles. The second kappa shape index (κ2) is 11.5. The Morgan fingerprint density at radius 1 is 0.600 bits per heavy atom. The summed E-state index contributed by atoms with van der Waals surface area (Å²) in [6.45, 7) is 13.3. The Morgan fingerprint density at radius 2 is 0.800 bits per heavy atom. The van der Waals surface area contributed by atoms with Crippen molar-refractivity contribution in [3.8, 4) is 0 Å². The van der Waals surface area contributed by atoms with Crippen LogP contribution in [0.1, 0.15) is 54.4 Å². The largest absolute Gasteiger partial charge is 0.0651 e. The zero-order valence-electron chi connectivity index (χ0n) is 14.2. The first-order chi connectivity index (χ1) is 9.51. The lowest BCUT2D eigenvalue weighted by Gasteiger charge is -1.92. The predicted molar refractivity (Wildman–Crippen MR) is 94.2 cm³/mol. The molecule has 0 radical (unpaired) electrons. The van der Waals surface area contributed by atoms with Crippen LogP contribution in [0.3, 0.4) is 0 Å². The molecule has 0 fully saturated rings. The summed E-state index contributed by atoms with van der Waals surface area (Å²) in [5.74, 6) is 1.77. The average Bonchev–Trinajstić information content (AvgIpc) is 2.48. The molecule has 2 aromatic carbocycles. The third-order valence-electron chi connectivity index (χ3n) is 3.29. The molecule has 0 saturated carbocycles. The Hall–Kier alpha value is -1.30. The molecular weight excluding hydrogens is 240 g/mol. The van der Waals surface area contributed by atoms with Gasteiger partial charge in [0.25, 0.3) is 0 Å². The van der Waals surface area contributed by atoms with Crippen LogP contribution >= 0.6 is 0 Å². The van der Waals surface area contributed by atoms with Gasteiger partial charge in [-0.1, -0.05) is 103 Å². The maximum atomic E-state index is 2.22. The van der Waals surface area contributed by atoms with Crippen LogP contribution < -0.4 is 0 Å². The molecule has 2 aromatic rings. The molecule has 0 aliphatic rings. The van der Waals surface area contributed by atoms with Crippen molar-refractivity contribution in [2.24, 2.45) is 11.8 Å². The van der Waals surface area contributed by atoms with E-state index < -0.39 is 0 Å². The van der Waals surface area contributed by atoms with Crippen LogP contribution in [0.15, 0.2) is 48.5 Å².